The molecule has 2 aliphatic heterocycles. The molecule has 2 aliphatic rings. The van der Waals surface area contributed by atoms with E-state index in [2.05, 4.69) is 26.1 Å². The van der Waals surface area contributed by atoms with Gasteiger partial charge in [0, 0.05) is 49.1 Å². The van der Waals surface area contributed by atoms with Gasteiger partial charge in [0.25, 0.3) is 0 Å². The van der Waals surface area contributed by atoms with E-state index in [1.54, 1.807) is 0 Å². The maximum absolute atomic E-state index is 12.0. The van der Waals surface area contributed by atoms with Crippen LogP contribution in [0.15, 0.2) is 28.7 Å². The largest absolute Gasteiger partial charge is 0.347 e. The number of anilines is 1. The molecule has 120 valence electrons. The van der Waals surface area contributed by atoms with Crippen molar-refractivity contribution in [3.63, 3.8) is 0 Å². The summed E-state index contributed by atoms with van der Waals surface area (Å²) in [5.41, 5.74) is 0.824. The highest BCUT2D eigenvalue weighted by Gasteiger charge is 2.39. The first-order valence-corrected chi connectivity index (χ1v) is 8.50. The third-order valence-electron chi connectivity index (χ3n) is 4.19. The Labute approximate surface area is 139 Å². The van der Waals surface area contributed by atoms with Crippen LogP contribution in [0.1, 0.15) is 19.3 Å². The zero-order valence-electron chi connectivity index (χ0n) is 12.5. The number of nitrogens with zero attached hydrogens (tertiary/aromatic N) is 1. The molecule has 0 atom stereocenters. The van der Waals surface area contributed by atoms with Crippen LogP contribution in [0.2, 0.25) is 0 Å². The molecule has 3 rings (SSSR count). The number of halogens is 1. The normalized spacial score (nSPS) is 21.1. The highest BCUT2D eigenvalue weighted by molar-refractivity contribution is 9.10. The predicted molar refractivity (Wildman–Crippen MR) is 87.7 cm³/mol. The first-order valence-electron chi connectivity index (χ1n) is 7.71. The standard InChI is InChI=1S/C16H21BrN2O3/c17-13-2-1-3-14(12-13)18-15(20)4-7-19-8-5-16(6-9-19)21-10-11-22-16/h1-3,12H,4-11H2,(H,18,20). The van der Waals surface area contributed by atoms with Gasteiger partial charge in [0.1, 0.15) is 0 Å². The van der Waals surface area contributed by atoms with Crippen LogP contribution in [0, 0.1) is 0 Å². The first-order chi connectivity index (χ1) is 10.7. The number of carbonyl (C=O) groups is 1. The fourth-order valence-corrected chi connectivity index (χ4v) is 3.35. The molecule has 0 radical (unpaired) electrons. The molecule has 5 nitrogen and oxygen atoms in total. The molecular formula is C16H21BrN2O3. The number of piperidine rings is 1. The van der Waals surface area contributed by atoms with Crippen LogP contribution >= 0.6 is 15.9 Å². The van der Waals surface area contributed by atoms with Crippen molar-refractivity contribution in [2.75, 3.05) is 38.2 Å². The number of benzene rings is 1. The van der Waals surface area contributed by atoms with Gasteiger partial charge >= 0.3 is 0 Å². The molecule has 1 aromatic rings. The summed E-state index contributed by atoms with van der Waals surface area (Å²) in [5.74, 6) is -0.290. The highest BCUT2D eigenvalue weighted by Crippen LogP contribution is 2.31. The van der Waals surface area contributed by atoms with Gasteiger partial charge in [-0.3, -0.25) is 4.79 Å². The van der Waals surface area contributed by atoms with E-state index < -0.39 is 0 Å². The van der Waals surface area contributed by atoms with Gasteiger partial charge in [-0.1, -0.05) is 22.0 Å². The van der Waals surface area contributed by atoms with Crippen molar-refractivity contribution < 1.29 is 14.3 Å². The van der Waals surface area contributed by atoms with Crippen LogP contribution in [0.3, 0.4) is 0 Å². The molecular weight excluding hydrogens is 348 g/mol. The highest BCUT2D eigenvalue weighted by atomic mass is 79.9. The molecule has 1 aromatic carbocycles. The topological polar surface area (TPSA) is 50.8 Å². The number of likely N-dealkylation sites (tertiary alicyclic amines) is 1. The second kappa shape index (κ2) is 7.08. The van der Waals surface area contributed by atoms with Crippen molar-refractivity contribution >= 4 is 27.5 Å². The number of amides is 1. The minimum atomic E-state index is -0.338. The molecule has 0 bridgehead atoms. The van der Waals surface area contributed by atoms with Crippen molar-refractivity contribution in [3.05, 3.63) is 28.7 Å². The molecule has 2 fully saturated rings. The summed E-state index contributed by atoms with van der Waals surface area (Å²) < 4.78 is 12.4. The van der Waals surface area contributed by atoms with Crippen LogP contribution in [-0.2, 0) is 14.3 Å². The Morgan fingerprint density at radius 1 is 1.27 bits per heavy atom. The molecule has 0 aliphatic carbocycles. The summed E-state index contributed by atoms with van der Waals surface area (Å²) in [7, 11) is 0. The maximum atomic E-state index is 12.0. The van der Waals surface area contributed by atoms with E-state index in [1.165, 1.54) is 0 Å². The lowest BCUT2D eigenvalue weighted by Gasteiger charge is -2.37. The second-order valence-corrected chi connectivity index (χ2v) is 6.67. The molecule has 0 unspecified atom stereocenters. The number of carbonyl (C=O) groups excluding carboxylic acids is 1. The second-order valence-electron chi connectivity index (χ2n) is 5.76. The molecule has 6 heteroatoms. The zero-order valence-corrected chi connectivity index (χ0v) is 14.1. The van der Waals surface area contributed by atoms with Crippen LogP contribution in [0.4, 0.5) is 5.69 Å². The monoisotopic (exact) mass is 368 g/mol. The average molecular weight is 369 g/mol. The number of rotatable bonds is 4. The molecule has 2 heterocycles. The first kappa shape index (κ1) is 15.9. The van der Waals surface area contributed by atoms with Gasteiger partial charge in [0.05, 0.1) is 13.2 Å². The molecule has 1 spiro atoms. The fourth-order valence-electron chi connectivity index (χ4n) is 2.95. The van der Waals surface area contributed by atoms with Crippen molar-refractivity contribution in [1.29, 1.82) is 0 Å². The van der Waals surface area contributed by atoms with Gasteiger partial charge in [0.15, 0.2) is 5.79 Å². The van der Waals surface area contributed by atoms with Gasteiger partial charge in [-0.25, -0.2) is 0 Å². The van der Waals surface area contributed by atoms with Gasteiger partial charge < -0.3 is 19.7 Å². The van der Waals surface area contributed by atoms with E-state index in [0.717, 1.165) is 42.6 Å². The lowest BCUT2D eigenvalue weighted by Crippen LogP contribution is -2.45. The van der Waals surface area contributed by atoms with Gasteiger partial charge in [-0.15, -0.1) is 0 Å². The van der Waals surface area contributed by atoms with E-state index in [9.17, 15) is 4.79 Å². The summed E-state index contributed by atoms with van der Waals surface area (Å²) in [6, 6.07) is 7.64. The zero-order chi connectivity index (χ0) is 15.4. The van der Waals surface area contributed by atoms with Crippen molar-refractivity contribution in [3.8, 4) is 0 Å². The Kier molecular flexibility index (Phi) is 5.13. The number of hydrogen-bond acceptors (Lipinski definition) is 4. The molecule has 1 amide bonds. The van der Waals surface area contributed by atoms with E-state index >= 15 is 0 Å². The third kappa shape index (κ3) is 4.07. The Balaban J connectivity index is 1.40. The van der Waals surface area contributed by atoms with Crippen molar-refractivity contribution in [2.45, 2.75) is 25.0 Å². The molecule has 1 N–H and O–H groups in total. The van der Waals surface area contributed by atoms with E-state index in [0.29, 0.717) is 19.6 Å². The Morgan fingerprint density at radius 3 is 2.68 bits per heavy atom. The minimum absolute atomic E-state index is 0.0479. The van der Waals surface area contributed by atoms with Crippen LogP contribution in [0.25, 0.3) is 0 Å². The smallest absolute Gasteiger partial charge is 0.225 e. The Hall–Kier alpha value is -0.950. The van der Waals surface area contributed by atoms with Crippen LogP contribution in [-0.4, -0.2) is 49.4 Å². The number of nitrogens with one attached hydrogen (secondary N) is 1. The van der Waals surface area contributed by atoms with Gasteiger partial charge in [0.2, 0.25) is 5.91 Å². The fraction of sp³-hybridized carbons (Fsp3) is 0.562. The van der Waals surface area contributed by atoms with E-state index in [4.69, 9.17) is 9.47 Å². The lowest BCUT2D eigenvalue weighted by molar-refractivity contribution is -0.185. The molecule has 0 saturated carbocycles. The third-order valence-corrected chi connectivity index (χ3v) is 4.69. The molecule has 2 saturated heterocycles. The maximum Gasteiger partial charge on any atom is 0.225 e. The average Bonchev–Trinajstić information content (AvgIpc) is 2.95. The van der Waals surface area contributed by atoms with E-state index in [-0.39, 0.29) is 11.7 Å². The van der Waals surface area contributed by atoms with Gasteiger partial charge in [-0.2, -0.15) is 0 Å². The molecule has 0 aromatic heterocycles. The van der Waals surface area contributed by atoms with E-state index in [1.807, 2.05) is 24.3 Å². The molecule has 22 heavy (non-hydrogen) atoms. The summed E-state index contributed by atoms with van der Waals surface area (Å²) >= 11 is 3.40. The van der Waals surface area contributed by atoms with Crippen LogP contribution < -0.4 is 5.32 Å². The predicted octanol–water partition coefficient (Wildman–Crippen LogP) is 2.62. The summed E-state index contributed by atoms with van der Waals surface area (Å²) in [6.45, 7) is 4.02. The van der Waals surface area contributed by atoms with Crippen molar-refractivity contribution in [2.24, 2.45) is 0 Å². The Morgan fingerprint density at radius 2 is 2.00 bits per heavy atom. The Bertz CT molecular complexity index is 522. The number of hydrogen-bond donors (Lipinski definition) is 1. The SMILES string of the molecule is O=C(CCN1CCC2(CC1)OCCO2)Nc1cccc(Br)c1. The van der Waals surface area contributed by atoms with Crippen molar-refractivity contribution in [1.82, 2.24) is 4.90 Å². The number of ether oxygens (including phenoxy) is 2. The summed E-state index contributed by atoms with van der Waals surface area (Å²) in [5, 5.41) is 2.93. The summed E-state index contributed by atoms with van der Waals surface area (Å²) in [6.07, 6.45) is 2.28. The quantitative estimate of drug-likeness (QED) is 0.887. The summed E-state index contributed by atoms with van der Waals surface area (Å²) in [4.78, 5) is 14.3. The van der Waals surface area contributed by atoms with Gasteiger partial charge in [-0.05, 0) is 18.2 Å². The minimum Gasteiger partial charge on any atom is -0.347 e. The lowest BCUT2D eigenvalue weighted by atomic mass is 10.0. The van der Waals surface area contributed by atoms with Crippen LogP contribution in [0.5, 0.6) is 0 Å².